The molecule has 0 spiro atoms. The molecule has 1 aromatic heterocycles. The Labute approximate surface area is 218 Å². The average molecular weight is 508 g/mol. The van der Waals surface area contributed by atoms with Gasteiger partial charge in [0.05, 0.1) is 23.2 Å². The van der Waals surface area contributed by atoms with Crippen molar-refractivity contribution in [3.05, 3.63) is 112 Å². The Morgan fingerprint density at radius 1 is 1.09 bits per heavy atom. The first-order valence-electron chi connectivity index (χ1n) is 12.2. The van der Waals surface area contributed by atoms with Gasteiger partial charge in [-0.05, 0) is 66.8 Å². The van der Waals surface area contributed by atoms with Gasteiger partial charge in [0.15, 0.2) is 0 Å². The standard InChI is InChI=1S/C30H32Cl2N2O/c1-4-9-27(26-12-6-7-18-33-26)34-28(21-13-15-23(31)16-14-21)25(22-10-8-11-24(32)19-22)20-30(3,17-5-2)29(34)35/h5-8,10-16,18-19,25,27-28H,2,4,9,17,20H2,1,3H3/t25-,27-,28-,30+/m1/s1. The molecule has 3 aromatic rings. The van der Waals surface area contributed by atoms with Crippen LogP contribution in [0.3, 0.4) is 0 Å². The van der Waals surface area contributed by atoms with Gasteiger partial charge in [-0.2, -0.15) is 0 Å². The van der Waals surface area contributed by atoms with Crippen LogP contribution < -0.4 is 0 Å². The first-order valence-corrected chi connectivity index (χ1v) is 13.0. The molecule has 0 bridgehead atoms. The van der Waals surface area contributed by atoms with E-state index in [0.717, 1.165) is 29.7 Å². The fraction of sp³-hybridized carbons (Fsp3) is 0.333. The molecule has 2 aromatic carbocycles. The van der Waals surface area contributed by atoms with E-state index in [1.165, 1.54) is 0 Å². The molecule has 1 fully saturated rings. The molecule has 0 radical (unpaired) electrons. The first-order chi connectivity index (χ1) is 16.9. The summed E-state index contributed by atoms with van der Waals surface area (Å²) in [5.74, 6) is 0.181. The first kappa shape index (κ1) is 25.5. The lowest BCUT2D eigenvalue weighted by atomic mass is 9.67. The zero-order valence-electron chi connectivity index (χ0n) is 20.3. The van der Waals surface area contributed by atoms with Crippen LogP contribution in [0.4, 0.5) is 0 Å². The number of aromatic nitrogens is 1. The van der Waals surface area contributed by atoms with Crippen LogP contribution in [0.2, 0.25) is 10.0 Å². The van der Waals surface area contributed by atoms with Gasteiger partial charge in [-0.25, -0.2) is 0 Å². The third-order valence-electron chi connectivity index (χ3n) is 7.11. The summed E-state index contributed by atoms with van der Waals surface area (Å²) in [6.07, 6.45) is 6.72. The Hall–Kier alpha value is -2.62. The van der Waals surface area contributed by atoms with Gasteiger partial charge in [-0.3, -0.25) is 9.78 Å². The molecule has 5 heteroatoms. The minimum Gasteiger partial charge on any atom is -0.326 e. The van der Waals surface area contributed by atoms with E-state index >= 15 is 0 Å². The number of rotatable bonds is 8. The van der Waals surface area contributed by atoms with Crippen LogP contribution in [0.1, 0.15) is 74.4 Å². The van der Waals surface area contributed by atoms with Crippen LogP contribution in [0.25, 0.3) is 0 Å². The van der Waals surface area contributed by atoms with Gasteiger partial charge in [0.2, 0.25) is 5.91 Å². The number of hydrogen-bond donors (Lipinski definition) is 0. The fourth-order valence-corrected chi connectivity index (χ4v) is 5.83. The van der Waals surface area contributed by atoms with Crippen molar-refractivity contribution in [1.82, 2.24) is 9.88 Å². The number of carbonyl (C=O) groups excluding carboxylic acids is 1. The molecule has 2 heterocycles. The predicted molar refractivity (Wildman–Crippen MR) is 145 cm³/mol. The maximum absolute atomic E-state index is 14.4. The highest BCUT2D eigenvalue weighted by Gasteiger charge is 2.51. The summed E-state index contributed by atoms with van der Waals surface area (Å²) in [6.45, 7) is 8.20. The maximum Gasteiger partial charge on any atom is 0.229 e. The molecule has 182 valence electrons. The van der Waals surface area contributed by atoms with Crippen molar-refractivity contribution >= 4 is 29.1 Å². The minimum absolute atomic E-state index is 0.0422. The minimum atomic E-state index is -0.585. The Bertz CT molecular complexity index is 1160. The Kier molecular flexibility index (Phi) is 7.98. The van der Waals surface area contributed by atoms with Crippen molar-refractivity contribution in [3.8, 4) is 0 Å². The molecular formula is C30H32Cl2N2O. The monoisotopic (exact) mass is 506 g/mol. The molecule has 3 nitrogen and oxygen atoms in total. The van der Waals surface area contributed by atoms with E-state index in [1.54, 1.807) is 6.20 Å². The highest BCUT2D eigenvalue weighted by molar-refractivity contribution is 6.30. The number of amides is 1. The third kappa shape index (κ3) is 5.32. The lowest BCUT2D eigenvalue weighted by Crippen LogP contribution is -2.53. The molecule has 4 atom stereocenters. The normalized spacial score (nSPS) is 23.2. The van der Waals surface area contributed by atoms with E-state index in [1.807, 2.05) is 66.7 Å². The van der Waals surface area contributed by atoms with Crippen LogP contribution in [-0.2, 0) is 4.79 Å². The quantitative estimate of drug-likeness (QED) is 0.286. The fourth-order valence-electron chi connectivity index (χ4n) is 5.51. The van der Waals surface area contributed by atoms with Crippen LogP contribution in [0, 0.1) is 5.41 Å². The number of nitrogens with zero attached hydrogens (tertiary/aromatic N) is 2. The molecule has 4 rings (SSSR count). The van der Waals surface area contributed by atoms with Crippen LogP contribution in [0.15, 0.2) is 85.6 Å². The second-order valence-corrected chi connectivity index (χ2v) is 10.6. The number of halogens is 2. The highest BCUT2D eigenvalue weighted by Crippen LogP contribution is 2.54. The maximum atomic E-state index is 14.4. The predicted octanol–water partition coefficient (Wildman–Crippen LogP) is 8.57. The number of benzene rings is 2. The summed E-state index contributed by atoms with van der Waals surface area (Å²) in [7, 11) is 0. The van der Waals surface area contributed by atoms with Gasteiger partial charge in [-0.15, -0.1) is 6.58 Å². The number of allylic oxidation sites excluding steroid dienone is 1. The molecule has 0 unspecified atom stereocenters. The average Bonchev–Trinajstić information content (AvgIpc) is 2.86. The smallest absolute Gasteiger partial charge is 0.229 e. The van der Waals surface area contributed by atoms with E-state index in [9.17, 15) is 4.79 Å². The third-order valence-corrected chi connectivity index (χ3v) is 7.60. The van der Waals surface area contributed by atoms with Gasteiger partial charge in [0, 0.05) is 22.2 Å². The van der Waals surface area contributed by atoms with E-state index < -0.39 is 5.41 Å². The number of piperidine rings is 1. The topological polar surface area (TPSA) is 33.2 Å². The molecule has 0 aliphatic carbocycles. The van der Waals surface area contributed by atoms with Gasteiger partial charge < -0.3 is 4.90 Å². The van der Waals surface area contributed by atoms with Gasteiger partial charge >= 0.3 is 0 Å². The van der Waals surface area contributed by atoms with Crippen molar-refractivity contribution < 1.29 is 4.79 Å². The van der Waals surface area contributed by atoms with Gasteiger partial charge in [0.25, 0.3) is 0 Å². The molecule has 1 aliphatic rings. The van der Waals surface area contributed by atoms with Crippen molar-refractivity contribution in [2.24, 2.45) is 5.41 Å². The Balaban J connectivity index is 1.95. The Morgan fingerprint density at radius 2 is 1.86 bits per heavy atom. The Morgan fingerprint density at radius 3 is 2.49 bits per heavy atom. The summed E-state index contributed by atoms with van der Waals surface area (Å²) in [4.78, 5) is 21.2. The van der Waals surface area contributed by atoms with Crippen molar-refractivity contribution in [2.45, 2.75) is 57.5 Å². The van der Waals surface area contributed by atoms with E-state index in [-0.39, 0.29) is 23.9 Å². The van der Waals surface area contributed by atoms with Crippen molar-refractivity contribution in [3.63, 3.8) is 0 Å². The molecule has 1 amide bonds. The summed E-state index contributed by atoms with van der Waals surface area (Å²) in [6, 6.07) is 21.5. The van der Waals surface area contributed by atoms with E-state index in [4.69, 9.17) is 28.2 Å². The molecule has 1 saturated heterocycles. The summed E-state index contributed by atoms with van der Waals surface area (Å²) in [5.41, 5.74) is 2.51. The molecule has 1 aliphatic heterocycles. The number of hydrogen-bond acceptors (Lipinski definition) is 2. The van der Waals surface area contributed by atoms with Crippen LogP contribution >= 0.6 is 23.2 Å². The van der Waals surface area contributed by atoms with Crippen molar-refractivity contribution in [2.75, 3.05) is 0 Å². The lowest BCUT2D eigenvalue weighted by Gasteiger charge is -2.52. The second-order valence-electron chi connectivity index (χ2n) is 9.69. The van der Waals surface area contributed by atoms with Crippen LogP contribution in [0.5, 0.6) is 0 Å². The lowest BCUT2D eigenvalue weighted by molar-refractivity contribution is -0.155. The second kappa shape index (κ2) is 11.0. The van der Waals surface area contributed by atoms with Crippen molar-refractivity contribution in [1.29, 1.82) is 0 Å². The van der Waals surface area contributed by atoms with Crippen LogP contribution in [-0.4, -0.2) is 15.8 Å². The van der Waals surface area contributed by atoms with Gasteiger partial charge in [-0.1, -0.05) is 79.9 Å². The zero-order chi connectivity index (χ0) is 25.0. The summed E-state index contributed by atoms with van der Waals surface area (Å²) < 4.78 is 0. The molecule has 0 saturated carbocycles. The number of pyridine rings is 1. The highest BCUT2D eigenvalue weighted by atomic mass is 35.5. The number of likely N-dealkylation sites (tertiary alicyclic amines) is 1. The molecular weight excluding hydrogens is 475 g/mol. The van der Waals surface area contributed by atoms with E-state index in [0.29, 0.717) is 22.9 Å². The summed E-state index contributed by atoms with van der Waals surface area (Å²) >= 11 is 12.7. The number of carbonyl (C=O) groups is 1. The molecule has 35 heavy (non-hydrogen) atoms. The SMILES string of the molecule is C=CC[C@@]1(C)C[C@H](c2cccc(Cl)c2)[C@@H](c2ccc(Cl)cc2)N([C@H](CCC)c2ccccn2)C1=O. The largest absolute Gasteiger partial charge is 0.326 e. The summed E-state index contributed by atoms with van der Waals surface area (Å²) in [5, 5.41) is 1.37. The van der Waals surface area contributed by atoms with Gasteiger partial charge in [0.1, 0.15) is 0 Å². The molecule has 0 N–H and O–H groups in total. The zero-order valence-corrected chi connectivity index (χ0v) is 21.8. The van der Waals surface area contributed by atoms with E-state index in [2.05, 4.69) is 31.4 Å².